The Kier molecular flexibility index (Phi) is 2.93. The van der Waals surface area contributed by atoms with E-state index < -0.39 is 0 Å². The highest BCUT2D eigenvalue weighted by molar-refractivity contribution is 5.65. The third kappa shape index (κ3) is 1.89. The van der Waals surface area contributed by atoms with Crippen molar-refractivity contribution in [3.05, 3.63) is 53.1 Å². The van der Waals surface area contributed by atoms with Gasteiger partial charge in [0, 0.05) is 18.3 Å². The SMILES string of the molecule is CC(C)c1cc2c(cc1O)CC1(C)c3ccccc3N(C)C1O2. The smallest absolute Gasteiger partial charge is 0.182 e. The van der Waals surface area contributed by atoms with Crippen molar-refractivity contribution in [2.45, 2.75) is 44.8 Å². The molecule has 3 nitrogen and oxygen atoms in total. The molecule has 0 saturated heterocycles. The van der Waals surface area contributed by atoms with Crippen LogP contribution < -0.4 is 9.64 Å². The molecule has 2 atom stereocenters. The molecule has 0 aromatic heterocycles. The van der Waals surface area contributed by atoms with E-state index in [1.54, 1.807) is 0 Å². The summed E-state index contributed by atoms with van der Waals surface area (Å²) in [6.45, 7) is 6.44. The lowest BCUT2D eigenvalue weighted by Gasteiger charge is -2.40. The summed E-state index contributed by atoms with van der Waals surface area (Å²) in [6, 6.07) is 12.4. The molecular weight excluding hydrogens is 286 g/mol. The van der Waals surface area contributed by atoms with Crippen molar-refractivity contribution in [1.29, 1.82) is 0 Å². The highest BCUT2D eigenvalue weighted by Crippen LogP contribution is 2.51. The maximum atomic E-state index is 10.3. The zero-order valence-corrected chi connectivity index (χ0v) is 14.1. The number of hydrogen-bond donors (Lipinski definition) is 1. The molecule has 0 saturated carbocycles. The molecule has 4 rings (SSSR count). The van der Waals surface area contributed by atoms with Gasteiger partial charge >= 0.3 is 0 Å². The van der Waals surface area contributed by atoms with Crippen LogP contribution >= 0.6 is 0 Å². The van der Waals surface area contributed by atoms with Gasteiger partial charge in [-0.2, -0.15) is 0 Å². The molecule has 2 aliphatic rings. The number of fused-ring (bicyclic) bond motifs is 4. The number of likely N-dealkylation sites (N-methyl/N-ethyl adjacent to an activating group) is 1. The maximum Gasteiger partial charge on any atom is 0.182 e. The van der Waals surface area contributed by atoms with E-state index in [2.05, 4.69) is 57.0 Å². The summed E-state index contributed by atoms with van der Waals surface area (Å²) >= 11 is 0. The normalized spacial score (nSPS) is 24.9. The van der Waals surface area contributed by atoms with Gasteiger partial charge in [-0.05, 0) is 48.6 Å². The van der Waals surface area contributed by atoms with E-state index in [0.29, 0.717) is 5.75 Å². The number of benzene rings is 2. The Morgan fingerprint density at radius 2 is 2.00 bits per heavy atom. The molecule has 120 valence electrons. The van der Waals surface area contributed by atoms with Crippen molar-refractivity contribution in [2.24, 2.45) is 0 Å². The van der Waals surface area contributed by atoms with Crippen LogP contribution in [0.15, 0.2) is 36.4 Å². The number of anilines is 1. The third-order valence-electron chi connectivity index (χ3n) is 5.42. The average Bonchev–Trinajstić information content (AvgIpc) is 2.73. The molecule has 0 bridgehead atoms. The number of rotatable bonds is 1. The van der Waals surface area contributed by atoms with Crippen LogP contribution in [0.4, 0.5) is 5.69 Å². The molecule has 23 heavy (non-hydrogen) atoms. The van der Waals surface area contributed by atoms with Crippen molar-refractivity contribution >= 4 is 5.69 Å². The quantitative estimate of drug-likeness (QED) is 0.857. The van der Waals surface area contributed by atoms with Gasteiger partial charge in [0.15, 0.2) is 6.23 Å². The van der Waals surface area contributed by atoms with Crippen LogP contribution in [0.2, 0.25) is 0 Å². The predicted molar refractivity (Wildman–Crippen MR) is 92.5 cm³/mol. The summed E-state index contributed by atoms with van der Waals surface area (Å²) in [7, 11) is 2.10. The van der Waals surface area contributed by atoms with Gasteiger partial charge in [0.2, 0.25) is 0 Å². The van der Waals surface area contributed by atoms with Crippen LogP contribution in [0.1, 0.15) is 43.4 Å². The van der Waals surface area contributed by atoms with Gasteiger partial charge in [-0.25, -0.2) is 0 Å². The van der Waals surface area contributed by atoms with E-state index in [9.17, 15) is 5.11 Å². The number of phenols is 1. The molecule has 2 aromatic carbocycles. The number of phenolic OH excluding ortho intramolecular Hbond substituents is 1. The van der Waals surface area contributed by atoms with E-state index in [4.69, 9.17) is 4.74 Å². The highest BCUT2D eigenvalue weighted by Gasteiger charge is 2.51. The topological polar surface area (TPSA) is 32.7 Å². The standard InChI is InChI=1S/C20H23NO2/c1-12(2)14-10-18-13(9-17(14)22)11-20(3)15-7-5-6-8-16(15)21(4)19(20)23-18/h5-10,12,19,22H,11H2,1-4H3. The molecular formula is C20H23NO2. The zero-order chi connectivity index (χ0) is 16.4. The second-order valence-corrected chi connectivity index (χ2v) is 7.37. The molecule has 2 aromatic rings. The predicted octanol–water partition coefficient (Wildman–Crippen LogP) is 4.18. The van der Waals surface area contributed by atoms with Crippen LogP contribution in [0.3, 0.4) is 0 Å². The van der Waals surface area contributed by atoms with Crippen LogP contribution in [0.25, 0.3) is 0 Å². The fraction of sp³-hybridized carbons (Fsp3) is 0.400. The summed E-state index contributed by atoms with van der Waals surface area (Å²) < 4.78 is 6.41. The Balaban J connectivity index is 1.84. The van der Waals surface area contributed by atoms with Crippen molar-refractivity contribution in [1.82, 2.24) is 0 Å². The van der Waals surface area contributed by atoms with Crippen LogP contribution in [-0.2, 0) is 11.8 Å². The molecule has 0 fully saturated rings. The van der Waals surface area contributed by atoms with Crippen molar-refractivity contribution in [3.8, 4) is 11.5 Å². The van der Waals surface area contributed by atoms with Crippen LogP contribution in [0.5, 0.6) is 11.5 Å². The van der Waals surface area contributed by atoms with E-state index in [0.717, 1.165) is 23.3 Å². The second kappa shape index (κ2) is 4.67. The minimum atomic E-state index is -0.0931. The minimum absolute atomic E-state index is 0.00282. The van der Waals surface area contributed by atoms with Crippen molar-refractivity contribution in [3.63, 3.8) is 0 Å². The molecule has 2 unspecified atom stereocenters. The highest BCUT2D eigenvalue weighted by atomic mass is 16.5. The van der Waals surface area contributed by atoms with Gasteiger partial charge in [-0.3, -0.25) is 0 Å². The first-order valence-electron chi connectivity index (χ1n) is 8.26. The first-order chi connectivity index (χ1) is 10.9. The molecule has 1 N–H and O–H groups in total. The lowest BCUT2D eigenvalue weighted by molar-refractivity contribution is 0.108. The molecule has 2 aliphatic heterocycles. The number of ether oxygens (including phenoxy) is 1. The molecule has 0 amide bonds. The van der Waals surface area contributed by atoms with Crippen molar-refractivity contribution < 1.29 is 9.84 Å². The van der Waals surface area contributed by atoms with Gasteiger partial charge in [0.25, 0.3) is 0 Å². The zero-order valence-electron chi connectivity index (χ0n) is 14.1. The number of nitrogens with zero attached hydrogens (tertiary/aromatic N) is 1. The lowest BCUT2D eigenvalue weighted by atomic mass is 9.75. The Morgan fingerprint density at radius 1 is 1.26 bits per heavy atom. The Bertz CT molecular complexity index is 783. The van der Waals surface area contributed by atoms with Crippen LogP contribution in [-0.4, -0.2) is 18.4 Å². The number of aromatic hydroxyl groups is 1. The summed E-state index contributed by atoms with van der Waals surface area (Å²) in [5, 5.41) is 10.3. The Labute approximate surface area is 137 Å². The third-order valence-corrected chi connectivity index (χ3v) is 5.42. The fourth-order valence-corrected chi connectivity index (χ4v) is 4.20. The second-order valence-electron chi connectivity index (χ2n) is 7.37. The molecule has 2 heterocycles. The first-order valence-corrected chi connectivity index (χ1v) is 8.26. The number of hydrogen-bond acceptors (Lipinski definition) is 3. The monoisotopic (exact) mass is 309 g/mol. The number of para-hydroxylation sites is 1. The summed E-state index contributed by atoms with van der Waals surface area (Å²) in [5.41, 5.74) is 4.51. The maximum absolute atomic E-state index is 10.3. The van der Waals surface area contributed by atoms with E-state index in [-0.39, 0.29) is 17.6 Å². The largest absolute Gasteiger partial charge is 0.508 e. The molecule has 0 spiro atoms. The van der Waals surface area contributed by atoms with Gasteiger partial charge in [0.1, 0.15) is 11.5 Å². The Morgan fingerprint density at radius 3 is 2.74 bits per heavy atom. The van der Waals surface area contributed by atoms with Gasteiger partial charge in [0.05, 0.1) is 5.41 Å². The van der Waals surface area contributed by atoms with E-state index in [1.807, 2.05) is 12.1 Å². The average molecular weight is 309 g/mol. The summed E-state index contributed by atoms with van der Waals surface area (Å²) in [5.74, 6) is 1.56. The fourth-order valence-electron chi connectivity index (χ4n) is 4.20. The van der Waals surface area contributed by atoms with Crippen molar-refractivity contribution in [2.75, 3.05) is 11.9 Å². The minimum Gasteiger partial charge on any atom is -0.508 e. The summed E-state index contributed by atoms with van der Waals surface area (Å²) in [4.78, 5) is 2.24. The van der Waals surface area contributed by atoms with Gasteiger partial charge in [-0.1, -0.05) is 32.0 Å². The lowest BCUT2D eigenvalue weighted by Crippen LogP contribution is -2.49. The van der Waals surface area contributed by atoms with Gasteiger partial charge in [-0.15, -0.1) is 0 Å². The van der Waals surface area contributed by atoms with Gasteiger partial charge < -0.3 is 14.7 Å². The van der Waals surface area contributed by atoms with E-state index >= 15 is 0 Å². The Hall–Kier alpha value is -2.16. The first kappa shape index (κ1) is 14.4. The van der Waals surface area contributed by atoms with E-state index in [1.165, 1.54) is 11.3 Å². The molecule has 0 radical (unpaired) electrons. The molecule has 0 aliphatic carbocycles. The van der Waals surface area contributed by atoms with Crippen LogP contribution in [0, 0.1) is 0 Å². The summed E-state index contributed by atoms with van der Waals surface area (Å²) in [6.07, 6.45) is 0.872. The molecule has 3 heteroatoms.